The van der Waals surface area contributed by atoms with E-state index in [4.69, 9.17) is 0 Å². The second kappa shape index (κ2) is 5.51. The molecule has 0 spiro atoms. The molecule has 23 heavy (non-hydrogen) atoms. The van der Waals surface area contributed by atoms with Crippen molar-refractivity contribution in [1.29, 1.82) is 0 Å². The lowest BCUT2D eigenvalue weighted by Gasteiger charge is -2.14. The fraction of sp³-hybridized carbons (Fsp3) is 0.588. The molecule has 1 saturated carbocycles. The molecule has 1 aromatic heterocycles. The average Bonchev–Trinajstić information content (AvgIpc) is 3.20. The van der Waals surface area contributed by atoms with Gasteiger partial charge in [0.15, 0.2) is 5.78 Å². The number of hydrogen-bond acceptors (Lipinski definition) is 3. The monoisotopic (exact) mass is 317 g/mol. The fourth-order valence-corrected chi connectivity index (χ4v) is 3.32. The van der Waals surface area contributed by atoms with Gasteiger partial charge in [-0.1, -0.05) is 13.8 Å². The Balaban J connectivity index is 1.79. The van der Waals surface area contributed by atoms with Gasteiger partial charge in [0, 0.05) is 23.0 Å². The van der Waals surface area contributed by atoms with Gasteiger partial charge in [-0.2, -0.15) is 0 Å². The summed E-state index contributed by atoms with van der Waals surface area (Å²) in [6.07, 6.45) is 2.29. The quantitative estimate of drug-likeness (QED) is 0.668. The molecule has 1 atom stereocenters. The lowest BCUT2D eigenvalue weighted by molar-refractivity contribution is -0.127. The van der Waals surface area contributed by atoms with E-state index in [0.717, 1.165) is 29.1 Å². The number of nitrogens with zero attached hydrogens (tertiary/aromatic N) is 2. The zero-order chi connectivity index (χ0) is 16.9. The molecule has 6 nitrogen and oxygen atoms in total. The summed E-state index contributed by atoms with van der Waals surface area (Å²) < 4.78 is 2.19. The fourth-order valence-electron chi connectivity index (χ4n) is 3.32. The number of amides is 3. The minimum absolute atomic E-state index is 0.00600. The van der Waals surface area contributed by atoms with Crippen LogP contribution in [0, 0.1) is 19.8 Å². The zero-order valence-electron chi connectivity index (χ0n) is 14.0. The molecule has 1 N–H and O–H groups in total. The summed E-state index contributed by atoms with van der Waals surface area (Å²) in [6, 6.07) is 1.36. The van der Waals surface area contributed by atoms with Gasteiger partial charge < -0.3 is 9.88 Å². The van der Waals surface area contributed by atoms with Gasteiger partial charge in [0.25, 0.3) is 5.91 Å². The molecule has 0 radical (unpaired) electrons. The molecule has 1 aliphatic carbocycles. The maximum atomic E-state index is 12.6. The normalized spacial score (nSPS) is 21.3. The average molecular weight is 317 g/mol. The van der Waals surface area contributed by atoms with E-state index in [1.807, 2.05) is 33.8 Å². The van der Waals surface area contributed by atoms with Crippen LogP contribution in [-0.2, 0) is 4.79 Å². The minimum Gasteiger partial charge on any atom is -0.345 e. The van der Waals surface area contributed by atoms with Crippen LogP contribution < -0.4 is 5.32 Å². The number of Topliss-reactive ketones (excluding diaryl/α,β-unsaturated/α-hetero) is 1. The van der Waals surface area contributed by atoms with Crippen molar-refractivity contribution < 1.29 is 14.4 Å². The molecular formula is C17H23N3O3. The number of hydrogen-bond donors (Lipinski definition) is 1. The van der Waals surface area contributed by atoms with E-state index in [0.29, 0.717) is 11.6 Å². The molecule has 1 aromatic rings. The number of aryl methyl sites for hydroxylation is 1. The van der Waals surface area contributed by atoms with E-state index in [2.05, 4.69) is 9.88 Å². The SMILES string of the molecule is Cc1cc(C(=O)CN2C(=O)NC(C(C)C)C2=O)c(C)n1C1CC1. The molecule has 2 fully saturated rings. The number of nitrogens with one attached hydrogen (secondary N) is 1. The number of rotatable bonds is 5. The molecule has 1 aliphatic heterocycles. The Bertz CT molecular complexity index is 686. The predicted molar refractivity (Wildman–Crippen MR) is 85.4 cm³/mol. The topological polar surface area (TPSA) is 71.4 Å². The predicted octanol–water partition coefficient (Wildman–Crippen LogP) is 2.20. The third-order valence-corrected chi connectivity index (χ3v) is 4.72. The van der Waals surface area contributed by atoms with Crippen LogP contribution in [0.25, 0.3) is 0 Å². The van der Waals surface area contributed by atoms with Gasteiger partial charge in [0.1, 0.15) is 6.04 Å². The van der Waals surface area contributed by atoms with Gasteiger partial charge >= 0.3 is 6.03 Å². The van der Waals surface area contributed by atoms with Crippen LogP contribution in [0.15, 0.2) is 6.07 Å². The Morgan fingerprint density at radius 1 is 1.30 bits per heavy atom. The third kappa shape index (κ3) is 2.66. The molecule has 0 bridgehead atoms. The van der Waals surface area contributed by atoms with E-state index in [-0.39, 0.29) is 24.2 Å². The highest BCUT2D eigenvalue weighted by molar-refractivity contribution is 6.09. The van der Waals surface area contributed by atoms with Crippen LogP contribution in [0.5, 0.6) is 0 Å². The summed E-state index contributed by atoms with van der Waals surface area (Å²) in [7, 11) is 0. The van der Waals surface area contributed by atoms with Gasteiger partial charge in [-0.3, -0.25) is 14.5 Å². The van der Waals surface area contributed by atoms with Crippen LogP contribution >= 0.6 is 0 Å². The summed E-state index contributed by atoms with van der Waals surface area (Å²) in [4.78, 5) is 37.9. The maximum Gasteiger partial charge on any atom is 0.325 e. The standard InChI is InChI=1S/C17H23N3O3/c1-9(2)15-16(22)19(17(23)18-15)8-14(21)13-7-10(3)20(11(13)4)12-5-6-12/h7,9,12,15H,5-6,8H2,1-4H3,(H,18,23). The van der Waals surface area contributed by atoms with Crippen LogP contribution in [0.3, 0.4) is 0 Å². The first-order chi connectivity index (χ1) is 10.8. The van der Waals surface area contributed by atoms with Gasteiger partial charge in [-0.15, -0.1) is 0 Å². The van der Waals surface area contributed by atoms with Crippen molar-refractivity contribution in [2.75, 3.05) is 6.54 Å². The van der Waals surface area contributed by atoms with Crippen molar-refractivity contribution >= 4 is 17.7 Å². The van der Waals surface area contributed by atoms with E-state index < -0.39 is 12.1 Å². The van der Waals surface area contributed by atoms with Crippen LogP contribution in [0.2, 0.25) is 0 Å². The van der Waals surface area contributed by atoms with Crippen molar-refractivity contribution in [3.05, 3.63) is 23.0 Å². The zero-order valence-corrected chi connectivity index (χ0v) is 14.0. The van der Waals surface area contributed by atoms with Crippen LogP contribution in [0.1, 0.15) is 54.5 Å². The molecule has 1 saturated heterocycles. The van der Waals surface area contributed by atoms with E-state index in [1.165, 1.54) is 0 Å². The lowest BCUT2D eigenvalue weighted by Crippen LogP contribution is -2.37. The number of urea groups is 1. The van der Waals surface area contributed by atoms with Crippen molar-refractivity contribution in [2.45, 2.75) is 52.6 Å². The summed E-state index contributed by atoms with van der Waals surface area (Å²) >= 11 is 0. The second-order valence-electron chi connectivity index (χ2n) is 6.90. The molecule has 124 valence electrons. The summed E-state index contributed by atoms with van der Waals surface area (Å²) in [5.74, 6) is -0.487. The van der Waals surface area contributed by atoms with Crippen molar-refractivity contribution in [1.82, 2.24) is 14.8 Å². The van der Waals surface area contributed by atoms with Gasteiger partial charge in [0.2, 0.25) is 0 Å². The Kier molecular flexibility index (Phi) is 3.78. The third-order valence-electron chi connectivity index (χ3n) is 4.72. The first-order valence-corrected chi connectivity index (χ1v) is 8.14. The molecule has 6 heteroatoms. The van der Waals surface area contributed by atoms with E-state index >= 15 is 0 Å². The highest BCUT2D eigenvalue weighted by Crippen LogP contribution is 2.38. The maximum absolute atomic E-state index is 12.6. The first kappa shape index (κ1) is 15.8. The van der Waals surface area contributed by atoms with E-state index in [1.54, 1.807) is 0 Å². The molecule has 1 unspecified atom stereocenters. The summed E-state index contributed by atoms with van der Waals surface area (Å²) in [5, 5.41) is 2.65. The van der Waals surface area contributed by atoms with Crippen LogP contribution in [0.4, 0.5) is 4.79 Å². The number of aromatic nitrogens is 1. The molecule has 2 aliphatic rings. The van der Waals surface area contributed by atoms with Crippen molar-refractivity contribution in [3.63, 3.8) is 0 Å². The Morgan fingerprint density at radius 3 is 2.48 bits per heavy atom. The highest BCUT2D eigenvalue weighted by atomic mass is 16.2. The largest absolute Gasteiger partial charge is 0.345 e. The molecular weight excluding hydrogens is 294 g/mol. The molecule has 2 heterocycles. The summed E-state index contributed by atoms with van der Waals surface area (Å²) in [6.45, 7) is 7.48. The van der Waals surface area contributed by atoms with Crippen LogP contribution in [-0.4, -0.2) is 39.8 Å². The number of carbonyl (C=O) groups is 3. The summed E-state index contributed by atoms with van der Waals surface area (Å²) in [5.41, 5.74) is 2.61. The Hall–Kier alpha value is -2.11. The van der Waals surface area contributed by atoms with Gasteiger partial charge in [0.05, 0.1) is 6.54 Å². The van der Waals surface area contributed by atoms with E-state index in [9.17, 15) is 14.4 Å². The lowest BCUT2D eigenvalue weighted by atomic mass is 10.0. The number of imide groups is 1. The van der Waals surface area contributed by atoms with Gasteiger partial charge in [-0.05, 0) is 38.7 Å². The Morgan fingerprint density at radius 2 is 1.96 bits per heavy atom. The molecule has 0 aromatic carbocycles. The number of ketones is 1. The first-order valence-electron chi connectivity index (χ1n) is 8.14. The highest BCUT2D eigenvalue weighted by Gasteiger charge is 2.40. The Labute approximate surface area is 135 Å². The minimum atomic E-state index is -0.533. The molecule has 3 amide bonds. The smallest absolute Gasteiger partial charge is 0.325 e. The van der Waals surface area contributed by atoms with Crippen molar-refractivity contribution in [2.24, 2.45) is 5.92 Å². The van der Waals surface area contributed by atoms with Crippen molar-refractivity contribution in [3.8, 4) is 0 Å². The molecule has 3 rings (SSSR count). The van der Waals surface area contributed by atoms with Gasteiger partial charge in [-0.25, -0.2) is 4.79 Å². The second-order valence-corrected chi connectivity index (χ2v) is 6.90. The number of carbonyl (C=O) groups excluding carboxylic acids is 3.